The average Bonchev–Trinajstić information content (AvgIpc) is 2.65. The molecule has 0 radical (unpaired) electrons. The van der Waals surface area contributed by atoms with E-state index in [1.807, 2.05) is 31.4 Å². The second kappa shape index (κ2) is 4.72. The molecule has 0 saturated carbocycles. The summed E-state index contributed by atoms with van der Waals surface area (Å²) in [5, 5.41) is 13.0. The second-order valence-electron chi connectivity index (χ2n) is 3.81. The van der Waals surface area contributed by atoms with Crippen molar-refractivity contribution < 1.29 is 5.11 Å². The summed E-state index contributed by atoms with van der Waals surface area (Å²) in [4.78, 5) is 8.50. The Morgan fingerprint density at radius 2 is 2.19 bits per heavy atom. The Kier molecular flexibility index (Phi) is 3.31. The molecule has 2 rings (SSSR count). The van der Waals surface area contributed by atoms with Crippen molar-refractivity contribution in [1.29, 1.82) is 0 Å². The van der Waals surface area contributed by atoms with Gasteiger partial charge in [-0.15, -0.1) is 11.3 Å². The van der Waals surface area contributed by atoms with Gasteiger partial charge in [0, 0.05) is 23.7 Å². The lowest BCUT2D eigenvalue weighted by molar-refractivity contribution is 0.177. The van der Waals surface area contributed by atoms with Gasteiger partial charge in [-0.3, -0.25) is 4.98 Å². The Balaban J connectivity index is 2.08. The standard InChI is InChI=1S/C12H14N2OS/c1-8-3-4-10(6-13-8)12(15)5-11-7-16-9(2)14-11/h3-4,6-7,12,15H,5H2,1-2H3. The lowest BCUT2D eigenvalue weighted by Crippen LogP contribution is -2.02. The Bertz CT molecular complexity index is 464. The first-order chi connectivity index (χ1) is 7.65. The Morgan fingerprint density at radius 1 is 1.38 bits per heavy atom. The molecule has 0 spiro atoms. The Hall–Kier alpha value is -1.26. The van der Waals surface area contributed by atoms with E-state index in [0.29, 0.717) is 6.42 Å². The fourth-order valence-corrected chi connectivity index (χ4v) is 2.12. The Morgan fingerprint density at radius 3 is 2.75 bits per heavy atom. The van der Waals surface area contributed by atoms with E-state index in [9.17, 15) is 5.11 Å². The van der Waals surface area contributed by atoms with Crippen molar-refractivity contribution in [3.8, 4) is 0 Å². The number of aryl methyl sites for hydroxylation is 2. The van der Waals surface area contributed by atoms with Crippen molar-refractivity contribution in [2.24, 2.45) is 0 Å². The zero-order valence-electron chi connectivity index (χ0n) is 9.34. The number of rotatable bonds is 3. The van der Waals surface area contributed by atoms with Gasteiger partial charge in [-0.2, -0.15) is 0 Å². The van der Waals surface area contributed by atoms with Crippen molar-refractivity contribution >= 4 is 11.3 Å². The predicted octanol–water partition coefficient (Wildman–Crippen LogP) is 2.43. The number of thiazole rings is 1. The molecule has 0 aliphatic carbocycles. The highest BCUT2D eigenvalue weighted by molar-refractivity contribution is 7.09. The van der Waals surface area contributed by atoms with Crippen molar-refractivity contribution in [3.63, 3.8) is 0 Å². The van der Waals surface area contributed by atoms with Crippen LogP contribution in [-0.4, -0.2) is 15.1 Å². The predicted molar refractivity (Wildman–Crippen MR) is 64.5 cm³/mol. The van der Waals surface area contributed by atoms with Gasteiger partial charge in [0.15, 0.2) is 0 Å². The van der Waals surface area contributed by atoms with Gasteiger partial charge < -0.3 is 5.11 Å². The van der Waals surface area contributed by atoms with Gasteiger partial charge in [-0.1, -0.05) is 6.07 Å². The molecule has 0 bridgehead atoms. The molecule has 0 amide bonds. The molecule has 84 valence electrons. The quantitative estimate of drug-likeness (QED) is 0.887. The smallest absolute Gasteiger partial charge is 0.0897 e. The summed E-state index contributed by atoms with van der Waals surface area (Å²) in [7, 11) is 0. The van der Waals surface area contributed by atoms with Crippen LogP contribution in [-0.2, 0) is 6.42 Å². The van der Waals surface area contributed by atoms with Crippen molar-refractivity contribution in [3.05, 3.63) is 45.7 Å². The summed E-state index contributed by atoms with van der Waals surface area (Å²) in [6.45, 7) is 3.90. The maximum Gasteiger partial charge on any atom is 0.0897 e. The van der Waals surface area contributed by atoms with E-state index >= 15 is 0 Å². The molecular formula is C12H14N2OS. The molecule has 0 fully saturated rings. The number of pyridine rings is 1. The molecule has 1 unspecified atom stereocenters. The molecular weight excluding hydrogens is 220 g/mol. The van der Waals surface area contributed by atoms with Crippen LogP contribution >= 0.6 is 11.3 Å². The van der Waals surface area contributed by atoms with E-state index < -0.39 is 6.10 Å². The highest BCUT2D eigenvalue weighted by atomic mass is 32.1. The molecule has 16 heavy (non-hydrogen) atoms. The van der Waals surface area contributed by atoms with Gasteiger partial charge in [0.2, 0.25) is 0 Å². The number of aliphatic hydroxyl groups is 1. The van der Waals surface area contributed by atoms with Crippen LogP contribution in [0, 0.1) is 13.8 Å². The molecule has 0 saturated heterocycles. The highest BCUT2D eigenvalue weighted by Gasteiger charge is 2.10. The third kappa shape index (κ3) is 2.65. The topological polar surface area (TPSA) is 46.0 Å². The minimum Gasteiger partial charge on any atom is -0.388 e. The van der Waals surface area contributed by atoms with Gasteiger partial charge in [0.1, 0.15) is 0 Å². The van der Waals surface area contributed by atoms with E-state index in [0.717, 1.165) is 22.0 Å². The molecule has 0 aliphatic heterocycles. The minimum atomic E-state index is -0.519. The van der Waals surface area contributed by atoms with Crippen molar-refractivity contribution in [1.82, 2.24) is 9.97 Å². The van der Waals surface area contributed by atoms with E-state index in [4.69, 9.17) is 0 Å². The van der Waals surface area contributed by atoms with E-state index in [1.54, 1.807) is 17.5 Å². The minimum absolute atomic E-state index is 0.519. The molecule has 0 aromatic carbocycles. The first-order valence-corrected chi connectivity index (χ1v) is 6.05. The third-order valence-corrected chi connectivity index (χ3v) is 3.21. The average molecular weight is 234 g/mol. The van der Waals surface area contributed by atoms with Crippen LogP contribution < -0.4 is 0 Å². The zero-order valence-corrected chi connectivity index (χ0v) is 10.2. The molecule has 1 N–H and O–H groups in total. The van der Waals surface area contributed by atoms with Crippen LogP contribution in [0.5, 0.6) is 0 Å². The van der Waals surface area contributed by atoms with Gasteiger partial charge in [-0.05, 0) is 25.5 Å². The lowest BCUT2D eigenvalue weighted by Gasteiger charge is -2.08. The summed E-state index contributed by atoms with van der Waals surface area (Å²) < 4.78 is 0. The van der Waals surface area contributed by atoms with Crippen LogP contribution in [0.4, 0.5) is 0 Å². The number of nitrogens with zero attached hydrogens (tertiary/aromatic N) is 2. The van der Waals surface area contributed by atoms with Crippen molar-refractivity contribution in [2.75, 3.05) is 0 Å². The number of aliphatic hydroxyl groups excluding tert-OH is 1. The van der Waals surface area contributed by atoms with Gasteiger partial charge >= 0.3 is 0 Å². The summed E-state index contributed by atoms with van der Waals surface area (Å²) in [6, 6.07) is 3.82. The molecule has 2 aromatic heterocycles. The summed E-state index contributed by atoms with van der Waals surface area (Å²) in [5.74, 6) is 0. The van der Waals surface area contributed by atoms with Gasteiger partial charge in [0.25, 0.3) is 0 Å². The van der Waals surface area contributed by atoms with E-state index in [1.165, 1.54) is 0 Å². The monoisotopic (exact) mass is 234 g/mol. The molecule has 2 aromatic rings. The molecule has 4 heteroatoms. The van der Waals surface area contributed by atoms with Crippen LogP contribution in [0.1, 0.15) is 28.1 Å². The second-order valence-corrected chi connectivity index (χ2v) is 4.87. The summed E-state index contributed by atoms with van der Waals surface area (Å²) in [6.07, 6.45) is 1.75. The first-order valence-electron chi connectivity index (χ1n) is 5.17. The molecule has 2 heterocycles. The van der Waals surface area contributed by atoms with E-state index in [2.05, 4.69) is 9.97 Å². The largest absolute Gasteiger partial charge is 0.388 e. The first kappa shape index (κ1) is 11.2. The summed E-state index contributed by atoms with van der Waals surface area (Å²) in [5.41, 5.74) is 2.74. The zero-order chi connectivity index (χ0) is 11.5. The summed E-state index contributed by atoms with van der Waals surface area (Å²) >= 11 is 1.61. The van der Waals surface area contributed by atoms with Gasteiger partial charge in [0.05, 0.1) is 16.8 Å². The fourth-order valence-electron chi connectivity index (χ4n) is 1.49. The molecule has 0 aliphatic rings. The maximum atomic E-state index is 10.00. The number of aromatic nitrogens is 2. The Labute approximate surface area is 98.8 Å². The van der Waals surface area contributed by atoms with Crippen molar-refractivity contribution in [2.45, 2.75) is 26.4 Å². The highest BCUT2D eigenvalue weighted by Crippen LogP contribution is 2.18. The van der Waals surface area contributed by atoms with Crippen LogP contribution in [0.25, 0.3) is 0 Å². The fraction of sp³-hybridized carbons (Fsp3) is 0.333. The molecule has 3 nitrogen and oxygen atoms in total. The lowest BCUT2D eigenvalue weighted by atomic mass is 10.1. The number of hydrogen-bond acceptors (Lipinski definition) is 4. The van der Waals surface area contributed by atoms with Crippen LogP contribution in [0.3, 0.4) is 0 Å². The van der Waals surface area contributed by atoms with Crippen LogP contribution in [0.2, 0.25) is 0 Å². The van der Waals surface area contributed by atoms with E-state index in [-0.39, 0.29) is 0 Å². The SMILES string of the molecule is Cc1ccc(C(O)Cc2csc(C)n2)cn1. The normalized spacial score (nSPS) is 12.7. The maximum absolute atomic E-state index is 10.00. The molecule has 1 atom stereocenters. The van der Waals surface area contributed by atoms with Gasteiger partial charge in [-0.25, -0.2) is 4.98 Å². The number of hydrogen-bond donors (Lipinski definition) is 1. The third-order valence-electron chi connectivity index (χ3n) is 2.39. The van der Waals surface area contributed by atoms with Crippen LogP contribution in [0.15, 0.2) is 23.7 Å².